The van der Waals surface area contributed by atoms with Crippen molar-refractivity contribution in [2.24, 2.45) is 0 Å². The number of carbonyl (C=O) groups excluding carboxylic acids is 1. The number of amides is 1. The van der Waals surface area contributed by atoms with Gasteiger partial charge >= 0.3 is 0 Å². The van der Waals surface area contributed by atoms with Gasteiger partial charge in [-0.15, -0.1) is 0 Å². The molecule has 0 bridgehead atoms. The van der Waals surface area contributed by atoms with E-state index in [1.54, 1.807) is 18.5 Å². The number of hydrogen-bond acceptors (Lipinski definition) is 7. The highest BCUT2D eigenvalue weighted by molar-refractivity contribution is 5.78. The van der Waals surface area contributed by atoms with E-state index >= 15 is 0 Å². The number of carbonyl (C=O) groups is 1. The molecule has 8 heteroatoms. The summed E-state index contributed by atoms with van der Waals surface area (Å²) in [6.45, 7) is 1.96. The highest BCUT2D eigenvalue weighted by Crippen LogP contribution is 2.26. The summed E-state index contributed by atoms with van der Waals surface area (Å²) in [4.78, 5) is 26.8. The van der Waals surface area contributed by atoms with Crippen LogP contribution in [0.4, 0.5) is 0 Å². The van der Waals surface area contributed by atoms with Gasteiger partial charge in [-0.05, 0) is 18.9 Å². The SMILES string of the molecule is O=C(CN1CC(c2nc(-c3ncccn3)no2)C1)NC1CCCCC1. The van der Waals surface area contributed by atoms with E-state index in [1.165, 1.54) is 19.3 Å². The van der Waals surface area contributed by atoms with Crippen LogP contribution in [-0.2, 0) is 4.79 Å². The largest absolute Gasteiger partial charge is 0.352 e. The summed E-state index contributed by atoms with van der Waals surface area (Å²) < 4.78 is 5.33. The molecule has 4 rings (SSSR count). The molecule has 2 aliphatic rings. The van der Waals surface area contributed by atoms with E-state index in [4.69, 9.17) is 4.52 Å². The first-order valence-corrected chi connectivity index (χ1v) is 8.90. The smallest absolute Gasteiger partial charge is 0.240 e. The van der Waals surface area contributed by atoms with Gasteiger partial charge in [-0.2, -0.15) is 4.98 Å². The van der Waals surface area contributed by atoms with E-state index in [9.17, 15) is 4.79 Å². The topological polar surface area (TPSA) is 97.0 Å². The molecule has 1 aliphatic heterocycles. The van der Waals surface area contributed by atoms with E-state index in [0.29, 0.717) is 30.1 Å². The Hall–Kier alpha value is -2.35. The molecule has 0 spiro atoms. The Morgan fingerprint density at radius 3 is 2.68 bits per heavy atom. The van der Waals surface area contributed by atoms with Gasteiger partial charge in [-0.25, -0.2) is 9.97 Å². The number of aromatic nitrogens is 4. The number of hydrogen-bond donors (Lipinski definition) is 1. The van der Waals surface area contributed by atoms with Crippen molar-refractivity contribution in [3.8, 4) is 11.6 Å². The Bertz CT molecular complexity index is 707. The van der Waals surface area contributed by atoms with Crippen LogP contribution in [0.15, 0.2) is 23.0 Å². The van der Waals surface area contributed by atoms with Gasteiger partial charge in [-0.3, -0.25) is 9.69 Å². The molecule has 1 saturated heterocycles. The molecule has 2 aromatic rings. The van der Waals surface area contributed by atoms with Crippen molar-refractivity contribution in [1.82, 2.24) is 30.3 Å². The van der Waals surface area contributed by atoms with Crippen LogP contribution >= 0.6 is 0 Å². The molecule has 1 aliphatic carbocycles. The summed E-state index contributed by atoms with van der Waals surface area (Å²) in [5.41, 5.74) is 0. The molecule has 1 amide bonds. The van der Waals surface area contributed by atoms with Crippen molar-refractivity contribution in [1.29, 1.82) is 0 Å². The molecule has 2 aromatic heterocycles. The Labute approximate surface area is 146 Å². The Morgan fingerprint density at radius 2 is 1.92 bits per heavy atom. The average molecular weight is 342 g/mol. The van der Waals surface area contributed by atoms with Crippen molar-refractivity contribution in [3.05, 3.63) is 24.4 Å². The van der Waals surface area contributed by atoms with Crippen molar-refractivity contribution >= 4 is 5.91 Å². The van der Waals surface area contributed by atoms with Crippen LogP contribution in [0.5, 0.6) is 0 Å². The van der Waals surface area contributed by atoms with Crippen molar-refractivity contribution < 1.29 is 9.32 Å². The van der Waals surface area contributed by atoms with Crippen molar-refractivity contribution in [2.75, 3.05) is 19.6 Å². The summed E-state index contributed by atoms with van der Waals surface area (Å²) in [7, 11) is 0. The van der Waals surface area contributed by atoms with E-state index in [-0.39, 0.29) is 11.8 Å². The lowest BCUT2D eigenvalue weighted by atomic mass is 9.95. The van der Waals surface area contributed by atoms with Crippen LogP contribution in [0.2, 0.25) is 0 Å². The molecule has 0 unspecified atom stereocenters. The van der Waals surface area contributed by atoms with Crippen LogP contribution in [0.3, 0.4) is 0 Å². The Kier molecular flexibility index (Phi) is 4.69. The zero-order chi connectivity index (χ0) is 17.1. The predicted molar refractivity (Wildman–Crippen MR) is 89.5 cm³/mol. The van der Waals surface area contributed by atoms with Gasteiger partial charge in [0.1, 0.15) is 0 Å². The van der Waals surface area contributed by atoms with Crippen LogP contribution in [0.1, 0.15) is 43.9 Å². The van der Waals surface area contributed by atoms with Crippen LogP contribution in [0.25, 0.3) is 11.6 Å². The molecule has 0 aromatic carbocycles. The fourth-order valence-corrected chi connectivity index (χ4v) is 3.48. The Balaban J connectivity index is 1.25. The van der Waals surface area contributed by atoms with Crippen LogP contribution in [0, 0.1) is 0 Å². The zero-order valence-corrected chi connectivity index (χ0v) is 14.1. The predicted octanol–water partition coefficient (Wildman–Crippen LogP) is 1.37. The van der Waals surface area contributed by atoms with Crippen LogP contribution < -0.4 is 5.32 Å². The number of likely N-dealkylation sites (tertiary alicyclic amines) is 1. The van der Waals surface area contributed by atoms with Gasteiger partial charge in [0.05, 0.1) is 12.5 Å². The maximum atomic E-state index is 12.1. The zero-order valence-electron chi connectivity index (χ0n) is 14.1. The van der Waals surface area contributed by atoms with Gasteiger partial charge in [0.25, 0.3) is 0 Å². The van der Waals surface area contributed by atoms with Gasteiger partial charge in [-0.1, -0.05) is 24.4 Å². The molecule has 2 fully saturated rings. The molecule has 1 saturated carbocycles. The minimum atomic E-state index is 0.120. The first kappa shape index (κ1) is 16.1. The number of rotatable bonds is 5. The molecule has 0 radical (unpaired) electrons. The second-order valence-electron chi connectivity index (χ2n) is 6.82. The quantitative estimate of drug-likeness (QED) is 0.876. The van der Waals surface area contributed by atoms with Gasteiger partial charge < -0.3 is 9.84 Å². The third-order valence-electron chi connectivity index (χ3n) is 4.85. The molecular weight excluding hydrogens is 320 g/mol. The number of nitrogens with zero attached hydrogens (tertiary/aromatic N) is 5. The molecule has 132 valence electrons. The third-order valence-corrected chi connectivity index (χ3v) is 4.85. The van der Waals surface area contributed by atoms with Crippen molar-refractivity contribution in [3.63, 3.8) is 0 Å². The van der Waals surface area contributed by atoms with Gasteiger partial charge in [0.15, 0.2) is 0 Å². The fourth-order valence-electron chi connectivity index (χ4n) is 3.48. The maximum Gasteiger partial charge on any atom is 0.240 e. The van der Waals surface area contributed by atoms with E-state index in [0.717, 1.165) is 25.9 Å². The maximum absolute atomic E-state index is 12.1. The fraction of sp³-hybridized carbons (Fsp3) is 0.588. The molecule has 3 heterocycles. The van der Waals surface area contributed by atoms with Gasteiger partial charge in [0, 0.05) is 31.5 Å². The lowest BCUT2D eigenvalue weighted by molar-refractivity contribution is -0.124. The first-order chi connectivity index (χ1) is 12.3. The summed E-state index contributed by atoms with van der Waals surface area (Å²) in [5.74, 6) is 1.75. The lowest BCUT2D eigenvalue weighted by Crippen LogP contribution is -2.51. The van der Waals surface area contributed by atoms with Gasteiger partial charge in [0.2, 0.25) is 23.4 Å². The normalized spacial score (nSPS) is 19.5. The van der Waals surface area contributed by atoms with E-state index < -0.39 is 0 Å². The Morgan fingerprint density at radius 1 is 1.16 bits per heavy atom. The summed E-state index contributed by atoms with van der Waals surface area (Å²) >= 11 is 0. The van der Waals surface area contributed by atoms with E-state index in [1.807, 2.05) is 0 Å². The minimum absolute atomic E-state index is 0.120. The number of nitrogens with one attached hydrogen (secondary N) is 1. The highest BCUT2D eigenvalue weighted by atomic mass is 16.5. The van der Waals surface area contributed by atoms with E-state index in [2.05, 4.69) is 30.3 Å². The monoisotopic (exact) mass is 342 g/mol. The average Bonchev–Trinajstić information content (AvgIpc) is 3.09. The molecular formula is C17H22N6O2. The molecule has 1 N–H and O–H groups in total. The highest BCUT2D eigenvalue weighted by Gasteiger charge is 2.34. The minimum Gasteiger partial charge on any atom is -0.352 e. The van der Waals surface area contributed by atoms with Crippen molar-refractivity contribution in [2.45, 2.75) is 44.1 Å². The third kappa shape index (κ3) is 3.84. The second kappa shape index (κ2) is 7.26. The summed E-state index contributed by atoms with van der Waals surface area (Å²) in [5, 5.41) is 7.09. The lowest BCUT2D eigenvalue weighted by Gasteiger charge is -2.36. The second-order valence-corrected chi connectivity index (χ2v) is 6.82. The van der Waals surface area contributed by atoms with Crippen LogP contribution in [-0.4, -0.2) is 56.6 Å². The molecule has 8 nitrogen and oxygen atoms in total. The summed E-state index contributed by atoms with van der Waals surface area (Å²) in [6, 6.07) is 2.11. The first-order valence-electron chi connectivity index (χ1n) is 8.90. The summed E-state index contributed by atoms with van der Waals surface area (Å²) in [6.07, 6.45) is 9.26. The molecule has 0 atom stereocenters. The standard InChI is InChI=1S/C17H22N6O2/c24-14(20-13-5-2-1-3-6-13)11-23-9-12(10-23)17-21-16(22-25-17)15-18-7-4-8-19-15/h4,7-8,12-13H,1-3,5-6,9-11H2,(H,20,24). The molecule has 25 heavy (non-hydrogen) atoms.